The van der Waals surface area contributed by atoms with Crippen LogP contribution >= 0.6 is 0 Å². The Morgan fingerprint density at radius 2 is 2.23 bits per heavy atom. The van der Waals surface area contributed by atoms with Crippen LogP contribution in [0.5, 0.6) is 0 Å². The fourth-order valence-electron chi connectivity index (χ4n) is 2.59. The number of cyclic esters (lactones) is 1. The Morgan fingerprint density at radius 1 is 1.41 bits per heavy atom. The number of carbonyl (C=O) groups excluding carboxylic acids is 2. The van der Waals surface area contributed by atoms with E-state index in [-0.39, 0.29) is 17.9 Å². The quantitative estimate of drug-likeness (QED) is 0.833. The van der Waals surface area contributed by atoms with E-state index in [0.29, 0.717) is 13.2 Å². The summed E-state index contributed by atoms with van der Waals surface area (Å²) in [5.74, 6) is 0.0949. The maximum atomic E-state index is 12.3. The molecule has 2 amide bonds. The second-order valence-corrected chi connectivity index (χ2v) is 5.55. The van der Waals surface area contributed by atoms with Gasteiger partial charge in [0.05, 0.1) is 6.54 Å². The van der Waals surface area contributed by atoms with Crippen molar-refractivity contribution in [3.8, 4) is 0 Å². The van der Waals surface area contributed by atoms with Crippen molar-refractivity contribution < 1.29 is 14.3 Å². The molecule has 1 aromatic carbocycles. The van der Waals surface area contributed by atoms with Gasteiger partial charge in [0.25, 0.3) is 0 Å². The lowest BCUT2D eigenvalue weighted by atomic mass is 9.98. The standard InChI is InChI=1S/C17H24N2O3/c1-3-5-7-13(4-2)16(20)18-14-8-6-9-15(12-14)19-10-11-22-17(19)21/h6,8-9,12-13H,3-5,7,10-11H2,1-2H3,(H,18,20)/t13-/m1/s1. The highest BCUT2D eigenvalue weighted by molar-refractivity contribution is 5.94. The SMILES string of the molecule is CCCC[C@@H](CC)C(=O)Nc1cccc(N2CCOC2=O)c1. The van der Waals surface area contributed by atoms with Crippen LogP contribution in [0.4, 0.5) is 16.2 Å². The van der Waals surface area contributed by atoms with Gasteiger partial charge in [-0.15, -0.1) is 0 Å². The molecule has 0 spiro atoms. The van der Waals surface area contributed by atoms with E-state index >= 15 is 0 Å². The molecule has 0 unspecified atom stereocenters. The van der Waals surface area contributed by atoms with Crippen molar-refractivity contribution in [1.29, 1.82) is 0 Å². The van der Waals surface area contributed by atoms with E-state index in [0.717, 1.165) is 37.1 Å². The normalized spacial score (nSPS) is 15.5. The molecule has 0 saturated carbocycles. The molecule has 0 aromatic heterocycles. The van der Waals surface area contributed by atoms with Crippen LogP contribution < -0.4 is 10.2 Å². The summed E-state index contributed by atoms with van der Waals surface area (Å²) in [6.07, 6.45) is 3.57. The molecule has 0 bridgehead atoms. The van der Waals surface area contributed by atoms with Crippen LogP contribution in [0, 0.1) is 5.92 Å². The third-order valence-corrected chi connectivity index (χ3v) is 3.96. The monoisotopic (exact) mass is 304 g/mol. The van der Waals surface area contributed by atoms with Gasteiger partial charge in [-0.1, -0.05) is 32.8 Å². The zero-order chi connectivity index (χ0) is 15.9. The Kier molecular flexibility index (Phi) is 5.81. The molecule has 120 valence electrons. The first kappa shape index (κ1) is 16.3. The van der Waals surface area contributed by atoms with E-state index in [1.807, 2.05) is 31.2 Å². The Balaban J connectivity index is 2.03. The Morgan fingerprint density at radius 3 is 2.86 bits per heavy atom. The van der Waals surface area contributed by atoms with Gasteiger partial charge in [-0.3, -0.25) is 9.69 Å². The molecule has 5 heteroatoms. The zero-order valence-electron chi connectivity index (χ0n) is 13.3. The number of amides is 2. The van der Waals surface area contributed by atoms with E-state index in [1.165, 1.54) is 0 Å². The van der Waals surface area contributed by atoms with Crippen LogP contribution in [0.3, 0.4) is 0 Å². The average Bonchev–Trinajstić information content (AvgIpc) is 2.94. The van der Waals surface area contributed by atoms with Crippen molar-refractivity contribution in [2.24, 2.45) is 5.92 Å². The topological polar surface area (TPSA) is 58.6 Å². The summed E-state index contributed by atoms with van der Waals surface area (Å²) in [7, 11) is 0. The van der Waals surface area contributed by atoms with Crippen LogP contribution in [0.25, 0.3) is 0 Å². The molecule has 22 heavy (non-hydrogen) atoms. The van der Waals surface area contributed by atoms with Crippen LogP contribution in [0.15, 0.2) is 24.3 Å². The number of anilines is 2. The van der Waals surface area contributed by atoms with Crippen LogP contribution in [-0.4, -0.2) is 25.2 Å². The lowest BCUT2D eigenvalue weighted by Gasteiger charge is -2.17. The molecule has 1 atom stereocenters. The third-order valence-electron chi connectivity index (χ3n) is 3.96. The first-order valence-corrected chi connectivity index (χ1v) is 8.01. The summed E-state index contributed by atoms with van der Waals surface area (Å²) in [5.41, 5.74) is 1.47. The minimum absolute atomic E-state index is 0.0420. The molecular formula is C17H24N2O3. The minimum atomic E-state index is -0.335. The number of nitrogens with zero attached hydrogens (tertiary/aromatic N) is 1. The van der Waals surface area contributed by atoms with Crippen molar-refractivity contribution in [1.82, 2.24) is 0 Å². The first-order chi connectivity index (χ1) is 10.7. The number of unbranched alkanes of at least 4 members (excludes halogenated alkanes) is 1. The Labute approximate surface area is 131 Å². The predicted molar refractivity (Wildman–Crippen MR) is 87.1 cm³/mol. The molecule has 1 saturated heterocycles. The van der Waals surface area contributed by atoms with Gasteiger partial charge in [0.2, 0.25) is 5.91 Å². The van der Waals surface area contributed by atoms with Crippen molar-refractivity contribution >= 4 is 23.4 Å². The average molecular weight is 304 g/mol. The molecule has 5 nitrogen and oxygen atoms in total. The molecule has 2 rings (SSSR count). The predicted octanol–water partition coefficient (Wildman–Crippen LogP) is 3.80. The molecule has 1 aliphatic rings. The van der Waals surface area contributed by atoms with Gasteiger partial charge in [-0.05, 0) is 31.0 Å². The van der Waals surface area contributed by atoms with Crippen molar-refractivity contribution in [3.63, 3.8) is 0 Å². The van der Waals surface area contributed by atoms with Gasteiger partial charge < -0.3 is 10.1 Å². The molecule has 1 aromatic rings. The van der Waals surface area contributed by atoms with Crippen molar-refractivity contribution in [2.45, 2.75) is 39.5 Å². The van der Waals surface area contributed by atoms with E-state index in [1.54, 1.807) is 4.90 Å². The third kappa shape index (κ3) is 4.00. The zero-order valence-corrected chi connectivity index (χ0v) is 13.3. The number of rotatable bonds is 7. The second-order valence-electron chi connectivity index (χ2n) is 5.55. The number of hydrogen-bond donors (Lipinski definition) is 1. The summed E-state index contributed by atoms with van der Waals surface area (Å²) >= 11 is 0. The molecule has 0 aliphatic carbocycles. The maximum absolute atomic E-state index is 12.3. The lowest BCUT2D eigenvalue weighted by molar-refractivity contribution is -0.120. The fraction of sp³-hybridized carbons (Fsp3) is 0.529. The van der Waals surface area contributed by atoms with Crippen molar-refractivity contribution in [2.75, 3.05) is 23.4 Å². The molecule has 0 radical (unpaired) electrons. The Bertz CT molecular complexity index is 530. The van der Waals surface area contributed by atoms with E-state index in [9.17, 15) is 9.59 Å². The molecule has 1 fully saturated rings. The van der Waals surface area contributed by atoms with Gasteiger partial charge in [-0.2, -0.15) is 0 Å². The van der Waals surface area contributed by atoms with Gasteiger partial charge in [0.15, 0.2) is 0 Å². The van der Waals surface area contributed by atoms with Crippen molar-refractivity contribution in [3.05, 3.63) is 24.3 Å². The van der Waals surface area contributed by atoms with Crippen LogP contribution in [-0.2, 0) is 9.53 Å². The second kappa shape index (κ2) is 7.82. The summed E-state index contributed by atoms with van der Waals surface area (Å²) in [5, 5.41) is 2.96. The van der Waals surface area contributed by atoms with Crippen LogP contribution in [0.1, 0.15) is 39.5 Å². The van der Waals surface area contributed by atoms with Gasteiger partial charge in [0.1, 0.15) is 6.61 Å². The maximum Gasteiger partial charge on any atom is 0.414 e. The minimum Gasteiger partial charge on any atom is -0.447 e. The molecule has 1 heterocycles. The number of ether oxygens (including phenoxy) is 1. The highest BCUT2D eigenvalue weighted by Crippen LogP contribution is 2.23. The Hall–Kier alpha value is -2.04. The highest BCUT2D eigenvalue weighted by atomic mass is 16.6. The van der Waals surface area contributed by atoms with E-state index < -0.39 is 0 Å². The number of benzene rings is 1. The number of carbonyl (C=O) groups is 2. The smallest absolute Gasteiger partial charge is 0.414 e. The number of hydrogen-bond acceptors (Lipinski definition) is 3. The summed E-state index contributed by atoms with van der Waals surface area (Å²) in [4.78, 5) is 25.5. The number of nitrogens with one attached hydrogen (secondary N) is 1. The van der Waals surface area contributed by atoms with Crippen LogP contribution in [0.2, 0.25) is 0 Å². The molecular weight excluding hydrogens is 280 g/mol. The summed E-state index contributed by atoms with van der Waals surface area (Å²) < 4.78 is 4.94. The largest absolute Gasteiger partial charge is 0.447 e. The van der Waals surface area contributed by atoms with Gasteiger partial charge in [0, 0.05) is 17.3 Å². The first-order valence-electron chi connectivity index (χ1n) is 8.01. The molecule has 1 N–H and O–H groups in total. The fourth-order valence-corrected chi connectivity index (χ4v) is 2.59. The van der Waals surface area contributed by atoms with E-state index in [4.69, 9.17) is 4.74 Å². The highest BCUT2D eigenvalue weighted by Gasteiger charge is 2.24. The van der Waals surface area contributed by atoms with Gasteiger partial charge >= 0.3 is 6.09 Å². The molecule has 1 aliphatic heterocycles. The van der Waals surface area contributed by atoms with E-state index in [2.05, 4.69) is 12.2 Å². The summed E-state index contributed by atoms with van der Waals surface area (Å²) in [6, 6.07) is 7.34. The summed E-state index contributed by atoms with van der Waals surface area (Å²) in [6.45, 7) is 5.12. The van der Waals surface area contributed by atoms with Gasteiger partial charge in [-0.25, -0.2) is 4.79 Å². The lowest BCUT2D eigenvalue weighted by Crippen LogP contribution is -2.24.